The Hall–Kier alpha value is -2.60. The van der Waals surface area contributed by atoms with Gasteiger partial charge in [0.05, 0.1) is 0 Å². The van der Waals surface area contributed by atoms with E-state index < -0.39 is 0 Å². The molecular formula is C22H29N5O. The van der Waals surface area contributed by atoms with Gasteiger partial charge in [-0.2, -0.15) is 0 Å². The van der Waals surface area contributed by atoms with Crippen molar-refractivity contribution < 1.29 is 4.79 Å². The fraction of sp³-hybridized carbons (Fsp3) is 0.455. The lowest BCUT2D eigenvalue weighted by Crippen LogP contribution is -2.46. The molecule has 2 amide bonds. The number of carbonyl (C=O) groups is 1. The second-order valence-electron chi connectivity index (χ2n) is 7.80. The molecule has 2 aromatic rings. The Morgan fingerprint density at radius 2 is 2.00 bits per heavy atom. The van der Waals surface area contributed by atoms with Crippen molar-refractivity contribution in [3.63, 3.8) is 0 Å². The Morgan fingerprint density at radius 3 is 2.71 bits per heavy atom. The highest BCUT2D eigenvalue weighted by Crippen LogP contribution is 2.26. The lowest BCUT2D eigenvalue weighted by atomic mass is 10.0. The number of piperidine rings is 1. The molecule has 1 atom stereocenters. The van der Waals surface area contributed by atoms with Gasteiger partial charge in [-0.05, 0) is 56.0 Å². The second-order valence-corrected chi connectivity index (χ2v) is 7.80. The predicted molar refractivity (Wildman–Crippen MR) is 113 cm³/mol. The number of rotatable bonds is 6. The molecule has 2 aliphatic rings. The zero-order valence-corrected chi connectivity index (χ0v) is 16.5. The van der Waals surface area contributed by atoms with Gasteiger partial charge in [-0.3, -0.25) is 9.88 Å². The van der Waals surface area contributed by atoms with Gasteiger partial charge in [0.15, 0.2) is 0 Å². The largest absolute Gasteiger partial charge is 0.371 e. The highest BCUT2D eigenvalue weighted by Gasteiger charge is 2.24. The summed E-state index contributed by atoms with van der Waals surface area (Å²) in [6, 6.07) is 13.5. The second kappa shape index (κ2) is 8.61. The molecule has 2 fully saturated rings. The fourth-order valence-corrected chi connectivity index (χ4v) is 4.21. The Balaban J connectivity index is 1.30. The first-order chi connectivity index (χ1) is 13.7. The molecule has 0 radical (unpaired) electrons. The fourth-order valence-electron chi connectivity index (χ4n) is 4.21. The average molecular weight is 380 g/mol. The quantitative estimate of drug-likeness (QED) is 0.810. The van der Waals surface area contributed by atoms with Gasteiger partial charge in [0.25, 0.3) is 0 Å². The number of pyridine rings is 1. The molecule has 6 nitrogen and oxygen atoms in total. The van der Waals surface area contributed by atoms with Gasteiger partial charge in [0.2, 0.25) is 0 Å². The number of hydrogen-bond donors (Lipinski definition) is 2. The molecule has 0 aliphatic carbocycles. The van der Waals surface area contributed by atoms with Crippen LogP contribution in [0.5, 0.6) is 0 Å². The molecule has 2 N–H and O–H groups in total. The zero-order valence-electron chi connectivity index (χ0n) is 16.5. The van der Waals surface area contributed by atoms with Crippen LogP contribution in [0.2, 0.25) is 0 Å². The van der Waals surface area contributed by atoms with Crippen molar-refractivity contribution in [1.29, 1.82) is 0 Å². The Kier molecular flexibility index (Phi) is 5.76. The van der Waals surface area contributed by atoms with E-state index in [2.05, 4.69) is 51.7 Å². The summed E-state index contributed by atoms with van der Waals surface area (Å²) in [5.74, 6) is 0. The van der Waals surface area contributed by atoms with Crippen molar-refractivity contribution in [2.45, 2.75) is 38.3 Å². The monoisotopic (exact) mass is 379 g/mol. The Morgan fingerprint density at radius 1 is 1.18 bits per heavy atom. The smallest absolute Gasteiger partial charge is 0.321 e. The first kappa shape index (κ1) is 18.7. The normalized spacial score (nSPS) is 19.0. The first-order valence-electron chi connectivity index (χ1n) is 10.2. The van der Waals surface area contributed by atoms with Crippen LogP contribution in [0, 0.1) is 0 Å². The average Bonchev–Trinajstić information content (AvgIpc) is 3.15. The number of anilines is 2. The number of carbonyl (C=O) groups excluding carboxylic acids is 1. The van der Waals surface area contributed by atoms with E-state index in [-0.39, 0.29) is 6.03 Å². The third-order valence-electron chi connectivity index (χ3n) is 5.64. The van der Waals surface area contributed by atoms with Crippen molar-refractivity contribution in [2.75, 3.05) is 36.0 Å². The molecule has 1 aromatic heterocycles. The summed E-state index contributed by atoms with van der Waals surface area (Å²) >= 11 is 0. The summed E-state index contributed by atoms with van der Waals surface area (Å²) in [5, 5.41) is 6.66. The van der Waals surface area contributed by atoms with E-state index in [4.69, 9.17) is 0 Å². The molecule has 148 valence electrons. The van der Waals surface area contributed by atoms with Crippen LogP contribution in [0.4, 0.5) is 16.2 Å². The predicted octanol–water partition coefficient (Wildman–Crippen LogP) is 2.80. The van der Waals surface area contributed by atoms with Crippen LogP contribution < -0.4 is 20.4 Å². The summed E-state index contributed by atoms with van der Waals surface area (Å²) in [4.78, 5) is 20.4. The minimum absolute atomic E-state index is 0.00246. The number of aromatic nitrogens is 1. The van der Waals surface area contributed by atoms with Crippen molar-refractivity contribution in [3.05, 3.63) is 54.4 Å². The molecule has 2 aliphatic heterocycles. The third kappa shape index (κ3) is 4.44. The van der Waals surface area contributed by atoms with Gasteiger partial charge in [-0.25, -0.2) is 4.79 Å². The number of benzene rings is 1. The van der Waals surface area contributed by atoms with Crippen LogP contribution in [0.25, 0.3) is 0 Å². The first-order valence-corrected chi connectivity index (χ1v) is 10.2. The van der Waals surface area contributed by atoms with Crippen molar-refractivity contribution in [3.8, 4) is 0 Å². The standard InChI is InChI=1S/C22H29N5O/c1-17(14-18-4-3-9-23-16-18)25-19-7-11-26(12-8-19)20-5-2-6-21(15-20)27-13-10-24-22(27)28/h2-6,9,15-17,19,25H,7-8,10-14H2,1H3,(H,24,28). The van der Waals surface area contributed by atoms with E-state index in [1.54, 1.807) is 0 Å². The van der Waals surface area contributed by atoms with Gasteiger partial charge >= 0.3 is 6.03 Å². The maximum Gasteiger partial charge on any atom is 0.321 e. The van der Waals surface area contributed by atoms with Crippen molar-refractivity contribution >= 4 is 17.4 Å². The van der Waals surface area contributed by atoms with Crippen LogP contribution in [0.3, 0.4) is 0 Å². The molecule has 0 spiro atoms. The molecule has 1 unspecified atom stereocenters. The van der Waals surface area contributed by atoms with Crippen molar-refractivity contribution in [1.82, 2.24) is 15.6 Å². The SMILES string of the molecule is CC(Cc1cccnc1)NC1CCN(c2cccc(N3CCNC3=O)c2)CC1. The Bertz CT molecular complexity index is 789. The zero-order chi connectivity index (χ0) is 19.3. The third-order valence-corrected chi connectivity index (χ3v) is 5.64. The van der Waals surface area contributed by atoms with Gasteiger partial charge in [0.1, 0.15) is 0 Å². The van der Waals surface area contributed by atoms with E-state index in [9.17, 15) is 4.79 Å². The number of nitrogens with zero attached hydrogens (tertiary/aromatic N) is 3. The van der Waals surface area contributed by atoms with E-state index in [0.717, 1.165) is 51.1 Å². The van der Waals surface area contributed by atoms with Crippen LogP contribution >= 0.6 is 0 Å². The van der Waals surface area contributed by atoms with Gasteiger partial charge in [0, 0.05) is 62.0 Å². The molecule has 28 heavy (non-hydrogen) atoms. The van der Waals surface area contributed by atoms with Crippen molar-refractivity contribution in [2.24, 2.45) is 0 Å². The summed E-state index contributed by atoms with van der Waals surface area (Å²) in [6.45, 7) is 5.78. The minimum Gasteiger partial charge on any atom is -0.371 e. The molecule has 1 aromatic carbocycles. The number of hydrogen-bond acceptors (Lipinski definition) is 4. The summed E-state index contributed by atoms with van der Waals surface area (Å²) in [5.41, 5.74) is 3.47. The number of nitrogens with one attached hydrogen (secondary N) is 2. The molecule has 4 rings (SSSR count). The minimum atomic E-state index is 0.00246. The highest BCUT2D eigenvalue weighted by molar-refractivity contribution is 5.94. The van der Waals surface area contributed by atoms with Gasteiger partial charge in [-0.1, -0.05) is 12.1 Å². The van der Waals surface area contributed by atoms with E-state index in [1.165, 1.54) is 11.3 Å². The topological polar surface area (TPSA) is 60.5 Å². The molecule has 6 heteroatoms. The molecule has 0 saturated carbocycles. The van der Waals surface area contributed by atoms with E-state index in [1.807, 2.05) is 29.4 Å². The lowest BCUT2D eigenvalue weighted by Gasteiger charge is -2.35. The maximum absolute atomic E-state index is 11.9. The van der Waals surface area contributed by atoms with Crippen LogP contribution in [-0.2, 0) is 6.42 Å². The molecular weight excluding hydrogens is 350 g/mol. The van der Waals surface area contributed by atoms with Gasteiger partial charge in [-0.15, -0.1) is 0 Å². The summed E-state index contributed by atoms with van der Waals surface area (Å²) in [6.07, 6.45) is 7.04. The van der Waals surface area contributed by atoms with Crippen LogP contribution in [0.15, 0.2) is 48.8 Å². The summed E-state index contributed by atoms with van der Waals surface area (Å²) < 4.78 is 0. The van der Waals surface area contributed by atoms with E-state index in [0.29, 0.717) is 12.1 Å². The number of urea groups is 1. The van der Waals surface area contributed by atoms with Gasteiger partial charge < -0.3 is 15.5 Å². The van der Waals surface area contributed by atoms with E-state index >= 15 is 0 Å². The lowest BCUT2D eigenvalue weighted by molar-refractivity contribution is 0.252. The van der Waals surface area contributed by atoms with Crippen LogP contribution in [-0.4, -0.2) is 49.3 Å². The number of amides is 2. The molecule has 0 bridgehead atoms. The molecule has 2 saturated heterocycles. The summed E-state index contributed by atoms with van der Waals surface area (Å²) in [7, 11) is 0. The van der Waals surface area contributed by atoms with Crippen LogP contribution in [0.1, 0.15) is 25.3 Å². The maximum atomic E-state index is 11.9. The molecule has 3 heterocycles. The Labute approximate surface area is 166 Å². The highest BCUT2D eigenvalue weighted by atomic mass is 16.2.